The van der Waals surface area contributed by atoms with Crippen molar-refractivity contribution in [3.05, 3.63) is 0 Å². The summed E-state index contributed by atoms with van der Waals surface area (Å²) in [6.07, 6.45) is 25.3. The summed E-state index contributed by atoms with van der Waals surface area (Å²) in [5.74, 6) is -0.288. The van der Waals surface area contributed by atoms with Gasteiger partial charge in [-0.3, -0.25) is 9.35 Å². The number of carbonyl (C=O) groups is 1. The second-order valence-electron chi connectivity index (χ2n) is 9.86. The largest absolute Gasteiger partial charge is 0.339 e. The van der Waals surface area contributed by atoms with Crippen molar-refractivity contribution in [3.8, 4) is 0 Å². The Bertz CT molecular complexity index is 565. The molecule has 5 nitrogen and oxygen atoms in total. The van der Waals surface area contributed by atoms with Gasteiger partial charge in [-0.2, -0.15) is 8.42 Å². The topological polar surface area (TPSA) is 74.7 Å². The van der Waals surface area contributed by atoms with Crippen molar-refractivity contribution in [2.45, 2.75) is 148 Å². The van der Waals surface area contributed by atoms with Gasteiger partial charge in [-0.25, -0.2) is 0 Å². The van der Waals surface area contributed by atoms with Gasteiger partial charge in [0, 0.05) is 48.6 Å². The van der Waals surface area contributed by atoms with E-state index in [1.807, 2.05) is 0 Å². The molecule has 1 rings (SSSR count). The van der Waals surface area contributed by atoms with E-state index in [4.69, 9.17) is 4.55 Å². The van der Waals surface area contributed by atoms with Crippen LogP contribution < -0.4 is 0 Å². The van der Waals surface area contributed by atoms with E-state index < -0.39 is 10.1 Å². The molecule has 0 atom stereocenters. The van der Waals surface area contributed by atoms with Crippen LogP contribution in [-0.4, -0.2) is 71.7 Å². The molecule has 1 fully saturated rings. The van der Waals surface area contributed by atoms with Gasteiger partial charge in [0.15, 0.2) is 0 Å². The fraction of sp³-hybridized carbons (Fsp3) is 0.962. The third-order valence-electron chi connectivity index (χ3n) is 6.92. The summed E-state index contributed by atoms with van der Waals surface area (Å²) in [5, 5.41) is 0. The fourth-order valence-electron chi connectivity index (χ4n) is 4.91. The van der Waals surface area contributed by atoms with Gasteiger partial charge in [0.1, 0.15) is 0 Å². The zero-order chi connectivity index (χ0) is 23.5. The van der Waals surface area contributed by atoms with Crippen LogP contribution in [0.15, 0.2) is 0 Å². The zero-order valence-corrected chi connectivity index (χ0v) is 24.7. The smallest absolute Gasteiger partial charge is 0.266 e. The number of carbonyl (C=O) groups excluding carboxylic acids is 1. The van der Waals surface area contributed by atoms with E-state index in [9.17, 15) is 13.2 Å². The van der Waals surface area contributed by atoms with Gasteiger partial charge >= 0.3 is 0 Å². The predicted octanol–water partition coefficient (Wildman–Crippen LogP) is 6.92. The van der Waals surface area contributed by atoms with Crippen LogP contribution in [0, 0.1) is 0 Å². The van der Waals surface area contributed by atoms with Crippen LogP contribution in [0.3, 0.4) is 0 Å². The third kappa shape index (κ3) is 19.3. The Morgan fingerprint density at radius 3 is 1.61 bits per heavy atom. The molecule has 0 spiro atoms. The summed E-state index contributed by atoms with van der Waals surface area (Å²) < 4.78 is 31.4. The van der Waals surface area contributed by atoms with Crippen LogP contribution in [0.1, 0.15) is 142 Å². The third-order valence-corrected chi connectivity index (χ3v) is 7.62. The van der Waals surface area contributed by atoms with Gasteiger partial charge in [0.25, 0.3) is 10.1 Å². The van der Waals surface area contributed by atoms with Crippen LogP contribution in [0.2, 0.25) is 0 Å². The molecule has 33 heavy (non-hydrogen) atoms. The molecule has 0 unspecified atom stereocenters. The van der Waals surface area contributed by atoms with E-state index in [0.29, 0.717) is 6.42 Å². The molecule has 7 heteroatoms. The molecule has 191 valence electrons. The molecule has 0 aromatic heterocycles. The molecule has 1 aliphatic rings. The van der Waals surface area contributed by atoms with Crippen LogP contribution in [0.5, 0.6) is 0 Å². The minimum Gasteiger partial charge on any atom is -0.339 e. The van der Waals surface area contributed by atoms with Gasteiger partial charge in [-0.05, 0) is 19.3 Å². The Hall–Kier alpha value is 0.380. The molecule has 0 aliphatic heterocycles. The Balaban J connectivity index is 0.0000102. The Labute approximate surface area is 227 Å². The average Bonchev–Trinajstić information content (AvgIpc) is 2.76. The van der Waals surface area contributed by atoms with Gasteiger partial charge in [0.2, 0.25) is 5.91 Å². The molecular weight excluding hydrogens is 445 g/mol. The van der Waals surface area contributed by atoms with Crippen molar-refractivity contribution < 1.29 is 17.8 Å². The summed E-state index contributed by atoms with van der Waals surface area (Å²) >= 11 is 0. The maximum Gasteiger partial charge on any atom is 0.266 e. The van der Waals surface area contributed by atoms with Crippen molar-refractivity contribution in [3.63, 3.8) is 0 Å². The minimum atomic E-state index is -4.04. The maximum atomic E-state index is 12.7. The van der Waals surface area contributed by atoms with Crippen molar-refractivity contribution in [2.75, 3.05) is 12.3 Å². The second kappa shape index (κ2) is 21.6. The molecule has 0 aromatic carbocycles. The molecule has 1 radical (unpaired) electrons. The predicted molar refractivity (Wildman–Crippen MR) is 140 cm³/mol. The van der Waals surface area contributed by atoms with Crippen molar-refractivity contribution in [2.24, 2.45) is 0 Å². The SMILES string of the molecule is CCCCCCCCCCCCCCCCCC(=O)N(CCS(=O)(=O)O)C1CCCCC1.[Na]. The Morgan fingerprint density at radius 2 is 1.18 bits per heavy atom. The summed E-state index contributed by atoms with van der Waals surface area (Å²) in [4.78, 5) is 14.5. The van der Waals surface area contributed by atoms with Crippen LogP contribution in [-0.2, 0) is 14.9 Å². The first-order valence-corrected chi connectivity index (χ1v) is 15.3. The number of amides is 1. The molecule has 0 saturated heterocycles. The van der Waals surface area contributed by atoms with Gasteiger partial charge < -0.3 is 4.90 Å². The van der Waals surface area contributed by atoms with E-state index in [2.05, 4.69) is 6.92 Å². The standard InChI is InChI=1S/C26H51NO4S.Na/c1-2-3-4-5-6-7-8-9-10-11-12-13-14-15-19-22-26(28)27(23-24-32(29,30)31)25-20-17-16-18-21-25;/h25H,2-24H2,1H3,(H,29,30,31);. The average molecular weight is 497 g/mol. The molecule has 1 N–H and O–H groups in total. The van der Waals surface area contributed by atoms with Crippen molar-refractivity contribution in [1.82, 2.24) is 4.90 Å². The first-order valence-electron chi connectivity index (χ1n) is 13.7. The van der Waals surface area contributed by atoms with Crippen molar-refractivity contribution in [1.29, 1.82) is 0 Å². The first-order chi connectivity index (χ1) is 15.4. The maximum absolute atomic E-state index is 12.7. The number of hydrogen-bond acceptors (Lipinski definition) is 3. The summed E-state index contributed by atoms with van der Waals surface area (Å²) in [6.45, 7) is 2.39. The molecule has 1 saturated carbocycles. The summed E-state index contributed by atoms with van der Waals surface area (Å²) in [7, 11) is -4.04. The van der Waals surface area contributed by atoms with Gasteiger partial charge in [-0.15, -0.1) is 0 Å². The van der Waals surface area contributed by atoms with Crippen LogP contribution in [0.25, 0.3) is 0 Å². The number of unbranched alkanes of at least 4 members (excludes halogenated alkanes) is 14. The zero-order valence-electron chi connectivity index (χ0n) is 21.9. The Kier molecular flexibility index (Phi) is 21.9. The van der Waals surface area contributed by atoms with E-state index in [-0.39, 0.29) is 53.8 Å². The molecule has 0 aromatic rings. The Morgan fingerprint density at radius 1 is 0.758 bits per heavy atom. The number of rotatable bonds is 20. The first kappa shape index (κ1) is 33.4. The summed E-state index contributed by atoms with van der Waals surface area (Å²) in [6, 6.07) is 0.148. The fourth-order valence-corrected chi connectivity index (χ4v) is 5.34. The second-order valence-corrected chi connectivity index (χ2v) is 11.4. The van der Waals surface area contributed by atoms with E-state index in [1.165, 1.54) is 89.9 Å². The van der Waals surface area contributed by atoms with Crippen LogP contribution >= 0.6 is 0 Å². The summed E-state index contributed by atoms with van der Waals surface area (Å²) in [5.41, 5.74) is 0. The number of nitrogens with zero attached hydrogens (tertiary/aromatic N) is 1. The molecule has 0 heterocycles. The molecule has 1 aliphatic carbocycles. The normalized spacial score (nSPS) is 14.7. The van der Waals surface area contributed by atoms with E-state index >= 15 is 0 Å². The van der Waals surface area contributed by atoms with E-state index in [0.717, 1.165) is 38.5 Å². The number of hydrogen-bond donors (Lipinski definition) is 1. The van der Waals surface area contributed by atoms with Gasteiger partial charge in [-0.1, -0.05) is 116 Å². The van der Waals surface area contributed by atoms with E-state index in [1.54, 1.807) is 4.90 Å². The molecular formula is C26H51NNaO4S. The quantitative estimate of drug-likeness (QED) is 0.113. The van der Waals surface area contributed by atoms with Crippen molar-refractivity contribution >= 4 is 45.6 Å². The monoisotopic (exact) mass is 496 g/mol. The van der Waals surface area contributed by atoms with Gasteiger partial charge in [0.05, 0.1) is 5.75 Å². The molecule has 0 bridgehead atoms. The minimum absolute atomic E-state index is 0. The molecule has 1 amide bonds. The van der Waals surface area contributed by atoms with Crippen LogP contribution in [0.4, 0.5) is 0 Å².